The first-order valence-electron chi connectivity index (χ1n) is 6.03. The number of carbonyl (C=O) groups is 1. The molecule has 0 aromatic rings. The van der Waals surface area contributed by atoms with E-state index < -0.39 is 27.2 Å². The molecule has 0 bridgehead atoms. The minimum Gasteiger partial charge on any atom is -0.481 e. The second-order valence-electron chi connectivity index (χ2n) is 4.84. The number of sulfonamides is 1. The number of hydrogen-bond donors (Lipinski definition) is 1. The van der Waals surface area contributed by atoms with Crippen molar-refractivity contribution in [1.29, 1.82) is 0 Å². The summed E-state index contributed by atoms with van der Waals surface area (Å²) in [5.41, 5.74) is 0. The van der Waals surface area contributed by atoms with Gasteiger partial charge in [0.15, 0.2) is 0 Å². The molecule has 0 amide bonds. The summed E-state index contributed by atoms with van der Waals surface area (Å²) >= 11 is 0. The van der Waals surface area contributed by atoms with E-state index in [1.165, 1.54) is 11.4 Å². The molecule has 1 N–H and O–H groups in total. The van der Waals surface area contributed by atoms with Crippen LogP contribution in [-0.2, 0) is 19.6 Å². The van der Waals surface area contributed by atoms with Crippen LogP contribution < -0.4 is 0 Å². The van der Waals surface area contributed by atoms with Crippen LogP contribution in [0.4, 0.5) is 0 Å². The molecule has 18 heavy (non-hydrogen) atoms. The Hall–Kier alpha value is -0.660. The summed E-state index contributed by atoms with van der Waals surface area (Å²) in [5, 5.41) is 8.35. The Kier molecular flexibility index (Phi) is 5.12. The number of carboxylic acid groups (broad SMARTS) is 1. The molecule has 7 heteroatoms. The van der Waals surface area contributed by atoms with Gasteiger partial charge in [0.05, 0.1) is 17.8 Å². The summed E-state index contributed by atoms with van der Waals surface area (Å²) in [7, 11) is -2.04. The highest BCUT2D eigenvalue weighted by Crippen LogP contribution is 2.26. The fourth-order valence-electron chi connectivity index (χ4n) is 2.18. The first kappa shape index (κ1) is 15.4. The van der Waals surface area contributed by atoms with Crippen molar-refractivity contribution in [1.82, 2.24) is 4.31 Å². The topological polar surface area (TPSA) is 83.9 Å². The van der Waals surface area contributed by atoms with Gasteiger partial charge in [-0.25, -0.2) is 8.42 Å². The zero-order valence-electron chi connectivity index (χ0n) is 11.0. The average Bonchev–Trinajstić information content (AvgIpc) is 2.29. The van der Waals surface area contributed by atoms with Crippen LogP contribution in [0.5, 0.6) is 0 Å². The fraction of sp³-hybridized carbons (Fsp3) is 0.909. The van der Waals surface area contributed by atoms with Gasteiger partial charge in [-0.15, -0.1) is 0 Å². The number of piperidine rings is 1. The van der Waals surface area contributed by atoms with Crippen molar-refractivity contribution >= 4 is 16.0 Å². The van der Waals surface area contributed by atoms with Crippen LogP contribution in [0.3, 0.4) is 0 Å². The number of ether oxygens (including phenoxy) is 1. The maximum absolute atomic E-state index is 12.3. The van der Waals surface area contributed by atoms with Crippen molar-refractivity contribution in [3.05, 3.63) is 0 Å². The van der Waals surface area contributed by atoms with Crippen molar-refractivity contribution < 1.29 is 23.1 Å². The van der Waals surface area contributed by atoms with E-state index in [4.69, 9.17) is 9.84 Å². The third-order valence-corrected chi connectivity index (χ3v) is 5.73. The molecule has 0 aromatic heterocycles. The van der Waals surface area contributed by atoms with Crippen LogP contribution >= 0.6 is 0 Å². The highest BCUT2D eigenvalue weighted by atomic mass is 32.2. The molecule has 6 nitrogen and oxygen atoms in total. The highest BCUT2D eigenvalue weighted by Gasteiger charge is 2.38. The normalized spacial score (nSPS) is 27.9. The molecule has 106 valence electrons. The van der Waals surface area contributed by atoms with Gasteiger partial charge in [-0.2, -0.15) is 4.31 Å². The standard InChI is InChI=1S/C11H21NO5S/c1-8-4-5-10(11(13)14)6-12(8)18(15,16)9(2)7-17-3/h8-10H,4-7H2,1-3H3,(H,13,14). The highest BCUT2D eigenvalue weighted by molar-refractivity contribution is 7.89. The number of rotatable bonds is 5. The van der Waals surface area contributed by atoms with Crippen molar-refractivity contribution in [3.63, 3.8) is 0 Å². The second-order valence-corrected chi connectivity index (χ2v) is 7.15. The van der Waals surface area contributed by atoms with E-state index in [0.717, 1.165) is 0 Å². The van der Waals surface area contributed by atoms with E-state index in [-0.39, 0.29) is 19.2 Å². The van der Waals surface area contributed by atoms with Crippen molar-refractivity contribution in [2.75, 3.05) is 20.3 Å². The Morgan fingerprint density at radius 2 is 2.11 bits per heavy atom. The number of hydrogen-bond acceptors (Lipinski definition) is 4. The molecule has 1 aliphatic heterocycles. The molecule has 1 rings (SSSR count). The Bertz CT molecular complexity index is 394. The summed E-state index contributed by atoms with van der Waals surface area (Å²) in [5.74, 6) is -1.53. The lowest BCUT2D eigenvalue weighted by Crippen LogP contribution is -2.50. The predicted molar refractivity (Wildman–Crippen MR) is 66.8 cm³/mol. The molecule has 0 saturated carbocycles. The van der Waals surface area contributed by atoms with E-state index in [2.05, 4.69) is 0 Å². The molecule has 0 spiro atoms. The van der Waals surface area contributed by atoms with Gasteiger partial charge in [0.1, 0.15) is 0 Å². The number of carboxylic acids is 1. The van der Waals surface area contributed by atoms with E-state index in [0.29, 0.717) is 12.8 Å². The Morgan fingerprint density at radius 3 is 2.61 bits per heavy atom. The fourth-order valence-corrected chi connectivity index (χ4v) is 3.95. The molecular weight excluding hydrogens is 258 g/mol. The van der Waals surface area contributed by atoms with Gasteiger partial charge in [-0.1, -0.05) is 0 Å². The maximum atomic E-state index is 12.3. The van der Waals surface area contributed by atoms with E-state index in [1.807, 2.05) is 6.92 Å². The molecule has 0 radical (unpaired) electrons. The van der Waals surface area contributed by atoms with Crippen molar-refractivity contribution in [2.45, 2.75) is 38.0 Å². The molecule has 1 fully saturated rings. The first-order valence-corrected chi connectivity index (χ1v) is 7.53. The monoisotopic (exact) mass is 279 g/mol. The zero-order valence-corrected chi connectivity index (χ0v) is 11.8. The van der Waals surface area contributed by atoms with Crippen LogP contribution in [0.15, 0.2) is 0 Å². The van der Waals surface area contributed by atoms with Crippen LogP contribution in [-0.4, -0.2) is 55.4 Å². The van der Waals surface area contributed by atoms with Gasteiger partial charge in [0, 0.05) is 19.7 Å². The molecule has 3 atom stereocenters. The SMILES string of the molecule is COCC(C)S(=O)(=O)N1CC(C(=O)O)CCC1C. The van der Waals surface area contributed by atoms with Crippen molar-refractivity contribution in [3.8, 4) is 0 Å². The summed E-state index contributed by atoms with van der Waals surface area (Å²) in [6, 6.07) is -0.148. The first-order chi connectivity index (χ1) is 8.30. The van der Waals surface area contributed by atoms with Crippen molar-refractivity contribution in [2.24, 2.45) is 5.92 Å². The Labute approximate surface area is 108 Å². The zero-order chi connectivity index (χ0) is 13.9. The number of aliphatic carboxylic acids is 1. The number of methoxy groups -OCH3 is 1. The molecule has 1 heterocycles. The van der Waals surface area contributed by atoms with E-state index in [9.17, 15) is 13.2 Å². The van der Waals surface area contributed by atoms with Gasteiger partial charge in [-0.05, 0) is 26.7 Å². The van der Waals surface area contributed by atoms with E-state index >= 15 is 0 Å². The van der Waals surface area contributed by atoms with Gasteiger partial charge in [0.2, 0.25) is 10.0 Å². The summed E-state index contributed by atoms with van der Waals surface area (Å²) in [6.45, 7) is 3.57. The van der Waals surface area contributed by atoms with Crippen LogP contribution in [0, 0.1) is 5.92 Å². The summed E-state index contributed by atoms with van der Waals surface area (Å²) in [4.78, 5) is 11.0. The van der Waals surface area contributed by atoms with Crippen LogP contribution in [0.25, 0.3) is 0 Å². The Morgan fingerprint density at radius 1 is 1.50 bits per heavy atom. The predicted octanol–water partition coefficient (Wildman–Crippen LogP) is 0.536. The van der Waals surface area contributed by atoms with Crippen LogP contribution in [0.1, 0.15) is 26.7 Å². The second kappa shape index (κ2) is 5.99. The third-order valence-electron chi connectivity index (χ3n) is 3.41. The molecular formula is C11H21NO5S. The molecule has 1 aliphatic rings. The average molecular weight is 279 g/mol. The van der Waals surface area contributed by atoms with Gasteiger partial charge < -0.3 is 9.84 Å². The quantitative estimate of drug-likeness (QED) is 0.794. The largest absolute Gasteiger partial charge is 0.481 e. The van der Waals surface area contributed by atoms with Gasteiger partial charge in [0.25, 0.3) is 0 Å². The smallest absolute Gasteiger partial charge is 0.307 e. The summed E-state index contributed by atoms with van der Waals surface area (Å²) in [6.07, 6.45) is 1.11. The summed E-state index contributed by atoms with van der Waals surface area (Å²) < 4.78 is 30.8. The third kappa shape index (κ3) is 3.21. The van der Waals surface area contributed by atoms with Gasteiger partial charge in [-0.3, -0.25) is 4.79 Å². The Balaban J connectivity index is 2.87. The maximum Gasteiger partial charge on any atom is 0.307 e. The molecule has 1 saturated heterocycles. The molecule has 0 aliphatic carbocycles. The molecule has 0 aromatic carbocycles. The lowest BCUT2D eigenvalue weighted by molar-refractivity contribution is -0.143. The number of nitrogens with zero attached hydrogens (tertiary/aromatic N) is 1. The van der Waals surface area contributed by atoms with E-state index in [1.54, 1.807) is 6.92 Å². The minimum atomic E-state index is -3.49. The minimum absolute atomic E-state index is 0.0624. The lowest BCUT2D eigenvalue weighted by atomic mass is 9.96. The van der Waals surface area contributed by atoms with Crippen LogP contribution in [0.2, 0.25) is 0 Å². The lowest BCUT2D eigenvalue weighted by Gasteiger charge is -2.36. The molecule has 3 unspecified atom stereocenters. The van der Waals surface area contributed by atoms with Gasteiger partial charge >= 0.3 is 5.97 Å².